The van der Waals surface area contributed by atoms with Crippen LogP contribution in [0.15, 0.2) is 24.3 Å². The summed E-state index contributed by atoms with van der Waals surface area (Å²) in [4.78, 5) is 0. The van der Waals surface area contributed by atoms with E-state index >= 15 is 0 Å². The van der Waals surface area contributed by atoms with Gasteiger partial charge in [0.2, 0.25) is 0 Å². The van der Waals surface area contributed by atoms with Gasteiger partial charge in [-0.15, -0.1) is 0 Å². The van der Waals surface area contributed by atoms with Crippen LogP contribution in [0, 0.1) is 0 Å². The fraction of sp³-hybridized carbons (Fsp3) is 0.500. The number of aliphatic hydroxyl groups is 1. The molecular formula is C8H12O2. The molecule has 10 heavy (non-hydrogen) atoms. The van der Waals surface area contributed by atoms with Crippen molar-refractivity contribution in [1.29, 1.82) is 0 Å². The van der Waals surface area contributed by atoms with Gasteiger partial charge in [-0.1, -0.05) is 18.7 Å². The minimum Gasteiger partial charge on any atom is -0.385 e. The van der Waals surface area contributed by atoms with Crippen molar-refractivity contribution in [3.8, 4) is 0 Å². The Bertz CT molecular complexity index is 161. The number of aliphatic hydroxyl groups excluding tert-OH is 1. The minimum atomic E-state index is -0.503. The molecule has 0 heterocycles. The highest BCUT2D eigenvalue weighted by Gasteiger charge is 2.20. The first-order valence-corrected chi connectivity index (χ1v) is 3.42. The molecule has 1 rings (SSSR count). The quantitative estimate of drug-likeness (QED) is 0.577. The summed E-state index contributed by atoms with van der Waals surface area (Å²) in [6.07, 6.45) is 2.95. The van der Waals surface area contributed by atoms with Gasteiger partial charge in [-0.2, -0.15) is 0 Å². The summed E-state index contributed by atoms with van der Waals surface area (Å²) < 4.78 is 5.24. The van der Waals surface area contributed by atoms with Crippen molar-refractivity contribution in [2.75, 3.05) is 6.61 Å². The molecule has 2 atom stereocenters. The van der Waals surface area contributed by atoms with Crippen LogP contribution >= 0.6 is 0 Å². The Hall–Kier alpha value is -0.600. The minimum absolute atomic E-state index is 0.0694. The smallest absolute Gasteiger partial charge is 0.0992 e. The van der Waals surface area contributed by atoms with Gasteiger partial charge < -0.3 is 9.84 Å². The molecule has 1 aliphatic rings. The van der Waals surface area contributed by atoms with E-state index in [1.165, 1.54) is 0 Å². The lowest BCUT2D eigenvalue weighted by molar-refractivity contribution is 0.112. The van der Waals surface area contributed by atoms with Crippen molar-refractivity contribution in [3.63, 3.8) is 0 Å². The second-order valence-electron chi connectivity index (χ2n) is 2.28. The molecular weight excluding hydrogens is 128 g/mol. The van der Waals surface area contributed by atoms with E-state index in [1.807, 2.05) is 13.0 Å². The number of hydrogen-bond donors (Lipinski definition) is 1. The number of hydrogen-bond acceptors (Lipinski definition) is 2. The molecule has 0 unspecified atom stereocenters. The standard InChI is InChI=1S/C8H12O2/c1-3-10-8-5-4-7(9)6(8)2/h4-5,7-9H,2-3H2,1H3/t7-,8+/m0/s1. The van der Waals surface area contributed by atoms with Crippen LogP contribution < -0.4 is 0 Å². The third-order valence-corrected chi connectivity index (χ3v) is 1.56. The first-order chi connectivity index (χ1) is 4.75. The van der Waals surface area contributed by atoms with Crippen LogP contribution in [0.5, 0.6) is 0 Å². The zero-order valence-electron chi connectivity index (χ0n) is 6.08. The van der Waals surface area contributed by atoms with Gasteiger partial charge in [0.25, 0.3) is 0 Å². The zero-order chi connectivity index (χ0) is 7.56. The maximum atomic E-state index is 9.13. The van der Waals surface area contributed by atoms with E-state index in [2.05, 4.69) is 6.58 Å². The number of ether oxygens (including phenoxy) is 1. The Morgan fingerprint density at radius 2 is 2.40 bits per heavy atom. The van der Waals surface area contributed by atoms with Crippen molar-refractivity contribution in [2.24, 2.45) is 0 Å². The van der Waals surface area contributed by atoms with E-state index in [0.29, 0.717) is 6.61 Å². The topological polar surface area (TPSA) is 29.5 Å². The molecule has 56 valence electrons. The lowest BCUT2D eigenvalue weighted by atomic mass is 10.2. The summed E-state index contributed by atoms with van der Waals surface area (Å²) in [5.74, 6) is 0. The normalized spacial score (nSPS) is 31.6. The highest BCUT2D eigenvalue weighted by Crippen LogP contribution is 2.18. The van der Waals surface area contributed by atoms with Crippen LogP contribution in [0.3, 0.4) is 0 Å². The van der Waals surface area contributed by atoms with Crippen molar-refractivity contribution in [3.05, 3.63) is 24.3 Å². The van der Waals surface area contributed by atoms with Crippen LogP contribution in [0.2, 0.25) is 0 Å². The second kappa shape index (κ2) is 2.99. The van der Waals surface area contributed by atoms with Crippen LogP contribution in [0.4, 0.5) is 0 Å². The molecule has 1 N–H and O–H groups in total. The van der Waals surface area contributed by atoms with Gasteiger partial charge in [0.15, 0.2) is 0 Å². The Balaban J connectivity index is 2.50. The zero-order valence-corrected chi connectivity index (χ0v) is 6.08. The summed E-state index contributed by atoms with van der Waals surface area (Å²) in [6.45, 7) is 6.27. The summed E-state index contributed by atoms with van der Waals surface area (Å²) in [6, 6.07) is 0. The van der Waals surface area contributed by atoms with Gasteiger partial charge in [-0.3, -0.25) is 0 Å². The fourth-order valence-electron chi connectivity index (χ4n) is 0.964. The predicted octanol–water partition coefficient (Wildman–Crippen LogP) is 0.878. The predicted molar refractivity (Wildman–Crippen MR) is 39.7 cm³/mol. The summed E-state index contributed by atoms with van der Waals surface area (Å²) in [5.41, 5.74) is 0.738. The molecule has 2 heteroatoms. The van der Waals surface area contributed by atoms with E-state index in [0.717, 1.165) is 5.57 Å². The maximum absolute atomic E-state index is 9.13. The van der Waals surface area contributed by atoms with Crippen LogP contribution in [-0.4, -0.2) is 23.9 Å². The van der Waals surface area contributed by atoms with Gasteiger partial charge in [-0.25, -0.2) is 0 Å². The van der Waals surface area contributed by atoms with Crippen LogP contribution in [-0.2, 0) is 4.74 Å². The van der Waals surface area contributed by atoms with E-state index in [9.17, 15) is 0 Å². The molecule has 0 aromatic carbocycles. The molecule has 0 aromatic heterocycles. The van der Waals surface area contributed by atoms with E-state index in [-0.39, 0.29) is 6.10 Å². The Labute approximate surface area is 60.8 Å². The molecule has 0 saturated heterocycles. The first-order valence-electron chi connectivity index (χ1n) is 3.42. The van der Waals surface area contributed by atoms with Crippen molar-refractivity contribution in [2.45, 2.75) is 19.1 Å². The Morgan fingerprint density at radius 3 is 2.80 bits per heavy atom. The average molecular weight is 140 g/mol. The largest absolute Gasteiger partial charge is 0.385 e. The lowest BCUT2D eigenvalue weighted by Crippen LogP contribution is -2.14. The molecule has 0 bridgehead atoms. The Morgan fingerprint density at radius 1 is 1.70 bits per heavy atom. The fourth-order valence-corrected chi connectivity index (χ4v) is 0.964. The van der Waals surface area contributed by atoms with Gasteiger partial charge in [-0.05, 0) is 12.5 Å². The molecule has 0 fully saturated rings. The van der Waals surface area contributed by atoms with E-state index in [4.69, 9.17) is 9.84 Å². The molecule has 0 saturated carbocycles. The van der Waals surface area contributed by atoms with Gasteiger partial charge in [0.05, 0.1) is 12.2 Å². The Kier molecular flexibility index (Phi) is 2.25. The molecule has 0 aliphatic heterocycles. The number of rotatable bonds is 2. The van der Waals surface area contributed by atoms with Crippen molar-refractivity contribution in [1.82, 2.24) is 0 Å². The van der Waals surface area contributed by atoms with Crippen LogP contribution in [0.1, 0.15) is 6.92 Å². The highest BCUT2D eigenvalue weighted by molar-refractivity contribution is 5.28. The molecule has 0 radical (unpaired) electrons. The highest BCUT2D eigenvalue weighted by atomic mass is 16.5. The summed E-state index contributed by atoms with van der Waals surface area (Å²) in [5, 5.41) is 9.13. The molecule has 1 aliphatic carbocycles. The molecule has 2 nitrogen and oxygen atoms in total. The molecule has 0 amide bonds. The van der Waals surface area contributed by atoms with E-state index < -0.39 is 6.10 Å². The average Bonchev–Trinajstić information content (AvgIpc) is 2.20. The second-order valence-corrected chi connectivity index (χ2v) is 2.28. The van der Waals surface area contributed by atoms with Gasteiger partial charge >= 0.3 is 0 Å². The molecule has 0 aromatic rings. The SMILES string of the molecule is C=C1[C@@H](O)C=C[C@H]1OCC. The molecule has 0 spiro atoms. The van der Waals surface area contributed by atoms with Crippen molar-refractivity contribution < 1.29 is 9.84 Å². The first kappa shape index (κ1) is 7.51. The van der Waals surface area contributed by atoms with Crippen molar-refractivity contribution >= 4 is 0 Å². The van der Waals surface area contributed by atoms with Crippen LogP contribution in [0.25, 0.3) is 0 Å². The summed E-state index contributed by atoms with van der Waals surface area (Å²) in [7, 11) is 0. The third kappa shape index (κ3) is 1.28. The monoisotopic (exact) mass is 140 g/mol. The lowest BCUT2D eigenvalue weighted by Gasteiger charge is -2.11. The summed E-state index contributed by atoms with van der Waals surface area (Å²) >= 11 is 0. The van der Waals surface area contributed by atoms with E-state index in [1.54, 1.807) is 6.08 Å². The third-order valence-electron chi connectivity index (χ3n) is 1.56. The maximum Gasteiger partial charge on any atom is 0.0992 e. The van der Waals surface area contributed by atoms with Gasteiger partial charge in [0.1, 0.15) is 0 Å². The van der Waals surface area contributed by atoms with Gasteiger partial charge in [0, 0.05) is 6.61 Å².